The fourth-order valence-corrected chi connectivity index (χ4v) is 2.29. The highest BCUT2D eigenvalue weighted by molar-refractivity contribution is 6.32. The number of rotatable bonds is 4. The van der Waals surface area contributed by atoms with Gasteiger partial charge >= 0.3 is 0 Å². The molecule has 4 nitrogen and oxygen atoms in total. The van der Waals surface area contributed by atoms with Crippen LogP contribution < -0.4 is 4.74 Å². The van der Waals surface area contributed by atoms with Crippen molar-refractivity contribution >= 4 is 28.9 Å². The number of aryl methyl sites for hydroxylation is 2. The van der Waals surface area contributed by atoms with Crippen LogP contribution >= 0.6 is 23.2 Å². The Morgan fingerprint density at radius 1 is 1.19 bits per heavy atom. The number of nitro benzene ring substituents is 1. The van der Waals surface area contributed by atoms with E-state index < -0.39 is 4.92 Å². The molecule has 0 amide bonds. The minimum Gasteiger partial charge on any atom is -0.457 e. The second kappa shape index (κ2) is 6.33. The van der Waals surface area contributed by atoms with Crippen LogP contribution in [0.5, 0.6) is 11.5 Å². The van der Waals surface area contributed by atoms with Crippen LogP contribution in [0.15, 0.2) is 30.3 Å². The minimum absolute atomic E-state index is 0.0125. The van der Waals surface area contributed by atoms with Crippen LogP contribution in [-0.2, 0) is 5.88 Å². The smallest absolute Gasteiger partial charge is 0.270 e. The third-order valence-electron chi connectivity index (χ3n) is 3.04. The van der Waals surface area contributed by atoms with E-state index in [1.54, 1.807) is 6.07 Å². The summed E-state index contributed by atoms with van der Waals surface area (Å²) in [6, 6.07) is 7.98. The van der Waals surface area contributed by atoms with Crippen LogP contribution in [0.3, 0.4) is 0 Å². The molecule has 0 aromatic heterocycles. The van der Waals surface area contributed by atoms with Gasteiger partial charge in [0, 0.05) is 22.7 Å². The average molecular weight is 326 g/mol. The van der Waals surface area contributed by atoms with Gasteiger partial charge in [-0.3, -0.25) is 10.1 Å². The maximum atomic E-state index is 10.8. The molecule has 0 bridgehead atoms. The molecule has 0 aliphatic carbocycles. The van der Waals surface area contributed by atoms with Gasteiger partial charge in [-0.05, 0) is 43.2 Å². The van der Waals surface area contributed by atoms with Crippen molar-refractivity contribution in [3.05, 3.63) is 62.2 Å². The van der Waals surface area contributed by atoms with Crippen molar-refractivity contribution in [2.45, 2.75) is 19.7 Å². The first kappa shape index (κ1) is 15.6. The highest BCUT2D eigenvalue weighted by Gasteiger charge is 2.12. The van der Waals surface area contributed by atoms with Crippen LogP contribution in [0, 0.1) is 24.0 Å². The van der Waals surface area contributed by atoms with E-state index in [1.807, 2.05) is 26.0 Å². The van der Waals surface area contributed by atoms with Gasteiger partial charge in [0.25, 0.3) is 5.69 Å². The standard InChI is InChI=1S/C15H13Cl2NO3/c1-9-5-13(6-10(2)15(9)17)21-14-4-3-12(18(19)20)7-11(14)8-16/h3-7H,8H2,1-2H3. The van der Waals surface area contributed by atoms with E-state index in [1.165, 1.54) is 12.1 Å². The molecule has 0 atom stereocenters. The maximum absolute atomic E-state index is 10.8. The van der Waals surface area contributed by atoms with E-state index in [-0.39, 0.29) is 11.6 Å². The molecule has 0 heterocycles. The Morgan fingerprint density at radius 3 is 2.33 bits per heavy atom. The number of hydrogen-bond acceptors (Lipinski definition) is 3. The summed E-state index contributed by atoms with van der Waals surface area (Å²) >= 11 is 12.0. The molecule has 110 valence electrons. The average Bonchev–Trinajstić information content (AvgIpc) is 2.44. The number of nitrogens with zero attached hydrogens (tertiary/aromatic N) is 1. The van der Waals surface area contributed by atoms with E-state index in [9.17, 15) is 10.1 Å². The number of nitro groups is 1. The van der Waals surface area contributed by atoms with Crippen molar-refractivity contribution in [3.63, 3.8) is 0 Å². The molecule has 2 aromatic carbocycles. The number of benzene rings is 2. The molecule has 6 heteroatoms. The van der Waals surface area contributed by atoms with E-state index in [0.29, 0.717) is 22.1 Å². The highest BCUT2D eigenvalue weighted by Crippen LogP contribution is 2.32. The minimum atomic E-state index is -0.462. The number of alkyl halides is 1. The molecule has 0 aliphatic heterocycles. The van der Waals surface area contributed by atoms with Crippen LogP contribution in [0.1, 0.15) is 16.7 Å². The summed E-state index contributed by atoms with van der Waals surface area (Å²) in [5.41, 5.74) is 2.36. The van der Waals surface area contributed by atoms with Crippen molar-refractivity contribution in [1.29, 1.82) is 0 Å². The maximum Gasteiger partial charge on any atom is 0.270 e. The van der Waals surface area contributed by atoms with Crippen molar-refractivity contribution < 1.29 is 9.66 Å². The molecule has 0 spiro atoms. The zero-order chi connectivity index (χ0) is 15.6. The topological polar surface area (TPSA) is 52.4 Å². The zero-order valence-corrected chi connectivity index (χ0v) is 13.0. The Balaban J connectivity index is 2.37. The summed E-state index contributed by atoms with van der Waals surface area (Å²) in [4.78, 5) is 10.3. The first-order valence-electron chi connectivity index (χ1n) is 6.20. The van der Waals surface area contributed by atoms with Gasteiger partial charge in [0.2, 0.25) is 0 Å². The molecule has 0 fully saturated rings. The molecule has 0 radical (unpaired) electrons. The van der Waals surface area contributed by atoms with Gasteiger partial charge in [-0.1, -0.05) is 11.6 Å². The molecular formula is C15H13Cl2NO3. The van der Waals surface area contributed by atoms with Crippen molar-refractivity contribution in [1.82, 2.24) is 0 Å². The van der Waals surface area contributed by atoms with Gasteiger partial charge in [0.05, 0.1) is 10.8 Å². The normalized spacial score (nSPS) is 10.5. The number of hydrogen-bond donors (Lipinski definition) is 0. The number of non-ortho nitro benzene ring substituents is 1. The molecule has 2 rings (SSSR count). The second-order valence-electron chi connectivity index (χ2n) is 4.66. The lowest BCUT2D eigenvalue weighted by Gasteiger charge is -2.12. The third-order valence-corrected chi connectivity index (χ3v) is 3.92. The fraction of sp³-hybridized carbons (Fsp3) is 0.200. The summed E-state index contributed by atoms with van der Waals surface area (Å²) in [7, 11) is 0. The lowest BCUT2D eigenvalue weighted by molar-refractivity contribution is -0.384. The van der Waals surface area contributed by atoms with E-state index in [4.69, 9.17) is 27.9 Å². The van der Waals surface area contributed by atoms with Gasteiger partial charge in [0.1, 0.15) is 11.5 Å². The van der Waals surface area contributed by atoms with Gasteiger partial charge in [-0.15, -0.1) is 11.6 Å². The van der Waals surface area contributed by atoms with Crippen LogP contribution in [0.25, 0.3) is 0 Å². The number of ether oxygens (including phenoxy) is 1. The molecule has 0 N–H and O–H groups in total. The zero-order valence-electron chi connectivity index (χ0n) is 11.5. The summed E-state index contributed by atoms with van der Waals surface area (Å²) in [5, 5.41) is 11.5. The molecule has 0 saturated carbocycles. The largest absolute Gasteiger partial charge is 0.457 e. The van der Waals surface area contributed by atoms with Crippen molar-refractivity contribution in [2.75, 3.05) is 0 Å². The van der Waals surface area contributed by atoms with E-state index in [2.05, 4.69) is 0 Å². The molecule has 0 saturated heterocycles. The van der Waals surface area contributed by atoms with Gasteiger partial charge in [-0.25, -0.2) is 0 Å². The summed E-state index contributed by atoms with van der Waals surface area (Å²) in [6.45, 7) is 3.78. The molecule has 0 unspecified atom stereocenters. The molecule has 0 aliphatic rings. The monoisotopic (exact) mass is 325 g/mol. The molecule has 2 aromatic rings. The summed E-state index contributed by atoms with van der Waals surface area (Å²) in [5.74, 6) is 1.24. The van der Waals surface area contributed by atoms with Gasteiger partial charge < -0.3 is 4.74 Å². The van der Waals surface area contributed by atoms with E-state index in [0.717, 1.165) is 11.1 Å². The Kier molecular flexibility index (Phi) is 4.70. The van der Waals surface area contributed by atoms with Crippen LogP contribution in [0.4, 0.5) is 5.69 Å². The quantitative estimate of drug-likeness (QED) is 0.430. The van der Waals surface area contributed by atoms with Crippen LogP contribution in [-0.4, -0.2) is 4.92 Å². The highest BCUT2D eigenvalue weighted by atomic mass is 35.5. The third kappa shape index (κ3) is 3.46. The van der Waals surface area contributed by atoms with Crippen molar-refractivity contribution in [3.8, 4) is 11.5 Å². The molecular weight excluding hydrogens is 313 g/mol. The Hall–Kier alpha value is -1.78. The SMILES string of the molecule is Cc1cc(Oc2ccc([N+](=O)[O-])cc2CCl)cc(C)c1Cl. The van der Waals surface area contributed by atoms with Crippen molar-refractivity contribution in [2.24, 2.45) is 0 Å². The lowest BCUT2D eigenvalue weighted by Crippen LogP contribution is -1.94. The Bertz CT molecular complexity index is 678. The van der Waals surface area contributed by atoms with Gasteiger partial charge in [-0.2, -0.15) is 0 Å². The summed E-state index contributed by atoms with van der Waals surface area (Å²) in [6.07, 6.45) is 0. The fourth-order valence-electron chi connectivity index (χ4n) is 1.98. The predicted octanol–water partition coefficient (Wildman–Crippen LogP) is 5.40. The molecule has 21 heavy (non-hydrogen) atoms. The van der Waals surface area contributed by atoms with E-state index >= 15 is 0 Å². The van der Waals surface area contributed by atoms with Crippen LogP contribution in [0.2, 0.25) is 5.02 Å². The second-order valence-corrected chi connectivity index (χ2v) is 5.30. The first-order valence-corrected chi connectivity index (χ1v) is 7.11. The summed E-state index contributed by atoms with van der Waals surface area (Å²) < 4.78 is 5.79. The van der Waals surface area contributed by atoms with Gasteiger partial charge in [0.15, 0.2) is 0 Å². The Labute approximate surface area is 132 Å². The lowest BCUT2D eigenvalue weighted by atomic mass is 10.1. The predicted molar refractivity (Wildman–Crippen MR) is 83.7 cm³/mol. The first-order chi connectivity index (χ1) is 9.92. The number of halogens is 2. The Morgan fingerprint density at radius 2 is 1.81 bits per heavy atom.